The quantitative estimate of drug-likeness (QED) is 0.589. The molecule has 1 aliphatic carbocycles. The number of methoxy groups -OCH3 is 3. The molecule has 30 heavy (non-hydrogen) atoms. The molecule has 3 aromatic rings. The fourth-order valence-electron chi connectivity index (χ4n) is 3.52. The van der Waals surface area contributed by atoms with E-state index in [4.69, 9.17) is 14.2 Å². The highest BCUT2D eigenvalue weighted by Gasteiger charge is 2.21. The smallest absolute Gasteiger partial charge is 0.250 e. The Morgan fingerprint density at radius 2 is 1.80 bits per heavy atom. The second-order valence-electron chi connectivity index (χ2n) is 6.73. The van der Waals surface area contributed by atoms with E-state index in [1.807, 2.05) is 12.1 Å². The Labute approximate surface area is 179 Å². The lowest BCUT2D eigenvalue weighted by molar-refractivity contribution is -0.111. The van der Waals surface area contributed by atoms with Gasteiger partial charge in [0.25, 0.3) is 0 Å². The van der Waals surface area contributed by atoms with Crippen LogP contribution in [0.4, 0.5) is 5.13 Å². The first kappa shape index (κ1) is 20.0. The molecule has 2 aromatic carbocycles. The fourth-order valence-corrected chi connectivity index (χ4v) is 4.50. The summed E-state index contributed by atoms with van der Waals surface area (Å²) in [5.41, 5.74) is 4.19. The van der Waals surface area contributed by atoms with Crippen molar-refractivity contribution in [3.05, 3.63) is 58.5 Å². The Kier molecular flexibility index (Phi) is 5.72. The van der Waals surface area contributed by atoms with E-state index in [1.54, 1.807) is 39.5 Å². The molecule has 0 atom stereocenters. The average molecular weight is 423 g/mol. The lowest BCUT2D eigenvalue weighted by atomic mass is 9.94. The molecule has 0 spiro atoms. The first-order chi connectivity index (χ1) is 14.6. The van der Waals surface area contributed by atoms with Crippen molar-refractivity contribution >= 4 is 28.5 Å². The molecule has 0 fully saturated rings. The summed E-state index contributed by atoms with van der Waals surface area (Å²) in [6.45, 7) is 0. The number of rotatable bonds is 6. The zero-order valence-corrected chi connectivity index (χ0v) is 17.8. The summed E-state index contributed by atoms with van der Waals surface area (Å²) in [5, 5.41) is 3.48. The van der Waals surface area contributed by atoms with Gasteiger partial charge in [-0.25, -0.2) is 4.98 Å². The number of hydrogen-bond donors (Lipinski definition) is 1. The van der Waals surface area contributed by atoms with E-state index >= 15 is 0 Å². The third-order valence-corrected chi connectivity index (χ3v) is 5.97. The molecule has 7 heteroatoms. The van der Waals surface area contributed by atoms with E-state index in [0.29, 0.717) is 22.4 Å². The number of fused-ring (bicyclic) bond motifs is 3. The number of carbonyl (C=O) groups excluding carboxylic acids is 1. The Morgan fingerprint density at radius 1 is 1.07 bits per heavy atom. The molecule has 0 radical (unpaired) electrons. The van der Waals surface area contributed by atoms with Crippen LogP contribution in [0.15, 0.2) is 42.5 Å². The Morgan fingerprint density at radius 3 is 2.50 bits per heavy atom. The van der Waals surface area contributed by atoms with Crippen LogP contribution in [0.25, 0.3) is 17.3 Å². The molecule has 1 amide bonds. The summed E-state index contributed by atoms with van der Waals surface area (Å²) >= 11 is 1.53. The Balaban J connectivity index is 1.51. The van der Waals surface area contributed by atoms with Gasteiger partial charge in [0.05, 0.1) is 27.0 Å². The Hall–Kier alpha value is -3.32. The molecule has 0 aliphatic heterocycles. The maximum absolute atomic E-state index is 12.5. The number of hydrogen-bond acceptors (Lipinski definition) is 6. The fraction of sp³-hybridized carbons (Fsp3) is 0.217. The highest BCUT2D eigenvalue weighted by Crippen LogP contribution is 2.39. The summed E-state index contributed by atoms with van der Waals surface area (Å²) < 4.78 is 16.0. The summed E-state index contributed by atoms with van der Waals surface area (Å²) in [5.74, 6) is 1.32. The number of nitrogens with one attached hydrogen (secondary N) is 1. The molecular formula is C23H22N2O4S. The van der Waals surface area contributed by atoms with E-state index in [2.05, 4.69) is 22.4 Å². The van der Waals surface area contributed by atoms with E-state index in [-0.39, 0.29) is 5.91 Å². The van der Waals surface area contributed by atoms with Crippen molar-refractivity contribution in [2.24, 2.45) is 0 Å². The van der Waals surface area contributed by atoms with Crippen LogP contribution in [0.3, 0.4) is 0 Å². The molecule has 1 heterocycles. The first-order valence-electron chi connectivity index (χ1n) is 9.50. The van der Waals surface area contributed by atoms with Gasteiger partial charge < -0.3 is 14.2 Å². The topological polar surface area (TPSA) is 69.7 Å². The van der Waals surface area contributed by atoms with Gasteiger partial charge in [-0.1, -0.05) is 24.3 Å². The summed E-state index contributed by atoms with van der Waals surface area (Å²) in [4.78, 5) is 18.3. The van der Waals surface area contributed by atoms with Crippen molar-refractivity contribution in [1.82, 2.24) is 4.98 Å². The van der Waals surface area contributed by atoms with Crippen LogP contribution in [0.2, 0.25) is 0 Å². The number of ether oxygens (including phenoxy) is 3. The van der Waals surface area contributed by atoms with Gasteiger partial charge in [-0.05, 0) is 42.2 Å². The van der Waals surface area contributed by atoms with E-state index in [0.717, 1.165) is 29.7 Å². The van der Waals surface area contributed by atoms with Crippen molar-refractivity contribution in [1.29, 1.82) is 0 Å². The van der Waals surface area contributed by atoms with Crippen LogP contribution in [0.5, 0.6) is 17.2 Å². The first-order valence-corrected chi connectivity index (χ1v) is 10.3. The highest BCUT2D eigenvalue weighted by atomic mass is 32.1. The third-order valence-electron chi connectivity index (χ3n) is 4.94. The van der Waals surface area contributed by atoms with Crippen molar-refractivity contribution in [3.8, 4) is 28.5 Å². The summed E-state index contributed by atoms with van der Waals surface area (Å²) in [7, 11) is 4.66. The van der Waals surface area contributed by atoms with Gasteiger partial charge >= 0.3 is 0 Å². The number of thiazole rings is 1. The minimum absolute atomic E-state index is 0.247. The molecule has 4 rings (SSSR count). The summed E-state index contributed by atoms with van der Waals surface area (Å²) in [6.07, 6.45) is 5.11. The second-order valence-corrected chi connectivity index (χ2v) is 7.81. The largest absolute Gasteiger partial charge is 0.493 e. The standard InChI is InChI=1S/C23H22N2O4S/c1-27-17-12-14(13-18(28-2)22(17)29-3)8-11-20(26)24-23-25-21-16-7-5-4-6-15(16)9-10-19(21)30-23/h4-8,11-13H,9-10H2,1-3H3,(H,24,25,26)/b11-8-. The van der Waals surface area contributed by atoms with Crippen molar-refractivity contribution < 1.29 is 19.0 Å². The number of aromatic nitrogens is 1. The SMILES string of the molecule is COc1cc(/C=C\C(=O)Nc2nc3c(s2)CCc2ccccc2-3)cc(OC)c1OC. The molecule has 0 saturated carbocycles. The van der Waals surface area contributed by atoms with E-state index in [1.165, 1.54) is 27.9 Å². The zero-order chi connectivity index (χ0) is 21.1. The molecule has 1 N–H and O–H groups in total. The molecular weight excluding hydrogens is 400 g/mol. The molecule has 0 saturated heterocycles. The van der Waals surface area contributed by atoms with Gasteiger partial charge in [-0.2, -0.15) is 0 Å². The predicted molar refractivity (Wildman–Crippen MR) is 119 cm³/mol. The summed E-state index contributed by atoms with van der Waals surface area (Å²) in [6, 6.07) is 11.9. The van der Waals surface area contributed by atoms with Crippen LogP contribution in [-0.2, 0) is 17.6 Å². The minimum atomic E-state index is -0.247. The maximum Gasteiger partial charge on any atom is 0.250 e. The number of amides is 1. The number of carbonyl (C=O) groups is 1. The number of benzene rings is 2. The molecule has 0 bridgehead atoms. The van der Waals surface area contributed by atoms with Gasteiger partial charge in [0.1, 0.15) is 0 Å². The normalized spacial score (nSPS) is 12.2. The van der Waals surface area contributed by atoms with Crippen LogP contribution in [0.1, 0.15) is 16.0 Å². The average Bonchev–Trinajstić information content (AvgIpc) is 3.19. The monoisotopic (exact) mass is 422 g/mol. The van der Waals surface area contributed by atoms with Crippen LogP contribution in [-0.4, -0.2) is 32.2 Å². The second kappa shape index (κ2) is 8.59. The molecule has 154 valence electrons. The Bertz CT molecular complexity index is 1100. The predicted octanol–water partition coefficient (Wildman–Crippen LogP) is 4.59. The van der Waals surface area contributed by atoms with Crippen LogP contribution in [0, 0.1) is 0 Å². The third kappa shape index (κ3) is 3.89. The van der Waals surface area contributed by atoms with E-state index in [9.17, 15) is 4.79 Å². The molecule has 1 aliphatic rings. The highest BCUT2D eigenvalue weighted by molar-refractivity contribution is 7.16. The minimum Gasteiger partial charge on any atom is -0.493 e. The van der Waals surface area contributed by atoms with E-state index < -0.39 is 0 Å². The van der Waals surface area contributed by atoms with Gasteiger partial charge in [-0.15, -0.1) is 11.3 Å². The van der Waals surface area contributed by atoms with Crippen molar-refractivity contribution in [2.45, 2.75) is 12.8 Å². The van der Waals surface area contributed by atoms with Gasteiger partial charge in [0, 0.05) is 16.5 Å². The maximum atomic E-state index is 12.5. The van der Waals surface area contributed by atoms with Crippen LogP contribution < -0.4 is 19.5 Å². The van der Waals surface area contributed by atoms with Gasteiger partial charge in [0.2, 0.25) is 11.7 Å². The van der Waals surface area contributed by atoms with Crippen LogP contribution >= 0.6 is 11.3 Å². The number of nitrogens with zero attached hydrogens (tertiary/aromatic N) is 1. The van der Waals surface area contributed by atoms with Gasteiger partial charge in [0.15, 0.2) is 16.6 Å². The van der Waals surface area contributed by atoms with Crippen molar-refractivity contribution in [3.63, 3.8) is 0 Å². The molecule has 6 nitrogen and oxygen atoms in total. The number of aryl methyl sites for hydroxylation is 2. The molecule has 1 aromatic heterocycles. The zero-order valence-electron chi connectivity index (χ0n) is 17.0. The molecule has 0 unspecified atom stereocenters. The lowest BCUT2D eigenvalue weighted by Crippen LogP contribution is -2.07. The van der Waals surface area contributed by atoms with Gasteiger partial charge in [-0.3, -0.25) is 10.1 Å². The van der Waals surface area contributed by atoms with Crippen molar-refractivity contribution in [2.75, 3.05) is 26.6 Å². The lowest BCUT2D eigenvalue weighted by Gasteiger charge is -2.13. The number of anilines is 1.